The molecule has 0 N–H and O–H groups in total. The number of fused-ring (bicyclic) bond motifs is 1. The van der Waals surface area contributed by atoms with Gasteiger partial charge in [0.05, 0.1) is 17.2 Å². The van der Waals surface area contributed by atoms with Crippen LogP contribution < -0.4 is 0 Å². The van der Waals surface area contributed by atoms with Gasteiger partial charge in [-0.15, -0.1) is 0 Å². The molecule has 4 rings (SSSR count). The van der Waals surface area contributed by atoms with Crippen LogP contribution in [-0.2, 0) is 14.8 Å². The minimum atomic E-state index is -3.39. The molecule has 0 saturated carbocycles. The Labute approximate surface area is 178 Å². The fraction of sp³-hybridized carbons (Fsp3) is 0.667. The lowest BCUT2D eigenvalue weighted by molar-refractivity contribution is -0.141. The number of sulfonamides is 1. The average molecular weight is 435 g/mol. The Hall–Kier alpha value is -2.00. The van der Waals surface area contributed by atoms with E-state index < -0.39 is 20.9 Å². The molecule has 0 radical (unpaired) electrons. The summed E-state index contributed by atoms with van der Waals surface area (Å²) in [4.78, 5) is 34.2. The number of pyridine rings is 1. The van der Waals surface area contributed by atoms with Crippen molar-refractivity contribution < 1.29 is 18.0 Å². The summed E-state index contributed by atoms with van der Waals surface area (Å²) in [6, 6.07) is 3.61. The first-order chi connectivity index (χ1) is 14.1. The van der Waals surface area contributed by atoms with Crippen LogP contribution in [0.1, 0.15) is 42.2 Å². The van der Waals surface area contributed by atoms with Gasteiger partial charge in [-0.25, -0.2) is 12.7 Å². The monoisotopic (exact) mass is 434 g/mol. The molecule has 3 saturated heterocycles. The van der Waals surface area contributed by atoms with E-state index in [-0.39, 0.29) is 18.4 Å². The molecule has 3 aliphatic heterocycles. The number of hydrogen-bond acceptors (Lipinski definition) is 5. The SMILES string of the molecule is CCN1CCC2(CN(S(C)(=O)=O)CC23CCN(C(=O)c2ccc(C)nc2)CC3)C1=O. The number of nitrogens with zero attached hydrogens (tertiary/aromatic N) is 4. The van der Waals surface area contributed by atoms with Crippen molar-refractivity contribution in [1.29, 1.82) is 0 Å². The van der Waals surface area contributed by atoms with Crippen molar-refractivity contribution >= 4 is 21.8 Å². The van der Waals surface area contributed by atoms with Gasteiger partial charge in [0.15, 0.2) is 0 Å². The molecule has 3 fully saturated rings. The summed E-state index contributed by atoms with van der Waals surface area (Å²) < 4.78 is 26.2. The van der Waals surface area contributed by atoms with Crippen LogP contribution in [0, 0.1) is 17.8 Å². The lowest BCUT2D eigenvalue weighted by Gasteiger charge is -2.47. The molecule has 0 bridgehead atoms. The van der Waals surface area contributed by atoms with Crippen LogP contribution in [0.4, 0.5) is 0 Å². The molecule has 1 atom stereocenters. The van der Waals surface area contributed by atoms with Gasteiger partial charge in [-0.2, -0.15) is 0 Å². The van der Waals surface area contributed by atoms with Crippen molar-refractivity contribution in [3.8, 4) is 0 Å². The van der Waals surface area contributed by atoms with Gasteiger partial charge in [-0.3, -0.25) is 14.6 Å². The summed E-state index contributed by atoms with van der Waals surface area (Å²) in [7, 11) is -3.39. The number of amides is 2. The highest BCUT2D eigenvalue weighted by Gasteiger charge is 2.66. The van der Waals surface area contributed by atoms with E-state index in [0.717, 1.165) is 5.69 Å². The number of likely N-dealkylation sites (tertiary alicyclic amines) is 2. The second-order valence-electron chi connectivity index (χ2n) is 9.01. The van der Waals surface area contributed by atoms with Gasteiger partial charge < -0.3 is 9.80 Å². The number of piperidine rings is 1. The number of aryl methyl sites for hydroxylation is 1. The van der Waals surface area contributed by atoms with E-state index in [9.17, 15) is 18.0 Å². The molecule has 2 spiro atoms. The Morgan fingerprint density at radius 1 is 1.13 bits per heavy atom. The van der Waals surface area contributed by atoms with E-state index >= 15 is 0 Å². The largest absolute Gasteiger partial charge is 0.342 e. The summed E-state index contributed by atoms with van der Waals surface area (Å²) in [6.07, 6.45) is 4.77. The number of carbonyl (C=O) groups excluding carboxylic acids is 2. The van der Waals surface area contributed by atoms with Crippen LogP contribution in [0.15, 0.2) is 18.3 Å². The lowest BCUT2D eigenvalue weighted by Crippen LogP contribution is -2.53. The van der Waals surface area contributed by atoms with Gasteiger partial charge in [-0.1, -0.05) is 0 Å². The maximum absolute atomic E-state index is 13.4. The molecule has 8 nitrogen and oxygen atoms in total. The minimum Gasteiger partial charge on any atom is -0.342 e. The van der Waals surface area contributed by atoms with E-state index in [4.69, 9.17) is 0 Å². The van der Waals surface area contributed by atoms with Gasteiger partial charge in [0.25, 0.3) is 5.91 Å². The standard InChI is InChI=1S/C21H30N4O4S/c1-4-23-12-9-21(19(23)27)15-25(30(3,28)29)14-20(21)7-10-24(11-8-20)18(26)17-6-5-16(2)22-13-17/h5-6,13H,4,7-12,14-15H2,1-3H3. The fourth-order valence-electron chi connectivity index (χ4n) is 5.58. The second-order valence-corrected chi connectivity index (χ2v) is 11.0. The van der Waals surface area contributed by atoms with Gasteiger partial charge in [0, 0.05) is 56.6 Å². The topological polar surface area (TPSA) is 90.9 Å². The molecule has 3 aliphatic rings. The first kappa shape index (κ1) is 21.2. The van der Waals surface area contributed by atoms with Crippen molar-refractivity contribution in [2.45, 2.75) is 33.1 Å². The average Bonchev–Trinajstić information content (AvgIpc) is 3.21. The number of aromatic nitrogens is 1. The molecule has 30 heavy (non-hydrogen) atoms. The highest BCUT2D eigenvalue weighted by molar-refractivity contribution is 7.88. The van der Waals surface area contributed by atoms with Gasteiger partial charge in [0.2, 0.25) is 15.9 Å². The Morgan fingerprint density at radius 3 is 2.37 bits per heavy atom. The second kappa shape index (κ2) is 7.30. The lowest BCUT2D eigenvalue weighted by atomic mass is 9.60. The van der Waals surface area contributed by atoms with Crippen LogP contribution in [0.2, 0.25) is 0 Å². The highest BCUT2D eigenvalue weighted by Crippen LogP contribution is 2.58. The molecule has 1 aromatic rings. The number of hydrogen-bond donors (Lipinski definition) is 0. The third-order valence-electron chi connectivity index (χ3n) is 7.46. The zero-order valence-electron chi connectivity index (χ0n) is 17.9. The molecule has 4 heterocycles. The first-order valence-electron chi connectivity index (χ1n) is 10.6. The van der Waals surface area contributed by atoms with Gasteiger partial charge >= 0.3 is 0 Å². The zero-order chi connectivity index (χ0) is 21.7. The van der Waals surface area contributed by atoms with Crippen molar-refractivity contribution in [3.05, 3.63) is 29.6 Å². The van der Waals surface area contributed by atoms with Crippen molar-refractivity contribution in [1.82, 2.24) is 19.1 Å². The maximum Gasteiger partial charge on any atom is 0.255 e. The molecular weight excluding hydrogens is 404 g/mol. The summed E-state index contributed by atoms with van der Waals surface area (Å²) in [5, 5.41) is 0. The Bertz CT molecular complexity index is 954. The molecule has 2 amide bonds. The fourth-order valence-corrected chi connectivity index (χ4v) is 6.51. The van der Waals surface area contributed by atoms with Crippen LogP contribution in [0.25, 0.3) is 0 Å². The molecule has 164 valence electrons. The van der Waals surface area contributed by atoms with E-state index in [1.165, 1.54) is 10.6 Å². The number of carbonyl (C=O) groups is 2. The van der Waals surface area contributed by atoms with Gasteiger partial charge in [-0.05, 0) is 45.2 Å². The molecule has 1 unspecified atom stereocenters. The van der Waals surface area contributed by atoms with Crippen LogP contribution in [0.3, 0.4) is 0 Å². The maximum atomic E-state index is 13.4. The van der Waals surface area contributed by atoms with Crippen LogP contribution >= 0.6 is 0 Å². The van der Waals surface area contributed by atoms with Crippen LogP contribution in [0.5, 0.6) is 0 Å². The third-order valence-corrected chi connectivity index (χ3v) is 8.66. The van der Waals surface area contributed by atoms with E-state index in [0.29, 0.717) is 57.5 Å². The Kier molecular flexibility index (Phi) is 5.17. The Balaban J connectivity index is 1.59. The summed E-state index contributed by atoms with van der Waals surface area (Å²) in [5.41, 5.74) is 0.328. The van der Waals surface area contributed by atoms with E-state index in [1.807, 2.05) is 29.7 Å². The molecule has 9 heteroatoms. The molecular formula is C21H30N4O4S. The van der Waals surface area contributed by atoms with E-state index in [1.54, 1.807) is 12.3 Å². The van der Waals surface area contributed by atoms with Crippen LogP contribution in [-0.4, -0.2) is 84.8 Å². The summed E-state index contributed by atoms with van der Waals surface area (Å²) in [5.74, 6) is 0.0240. The predicted octanol–water partition coefficient (Wildman–Crippen LogP) is 1.13. The van der Waals surface area contributed by atoms with Crippen molar-refractivity contribution in [3.63, 3.8) is 0 Å². The summed E-state index contributed by atoms with van der Waals surface area (Å²) in [6.45, 7) is 6.82. The molecule has 0 aromatic carbocycles. The Morgan fingerprint density at radius 2 is 1.83 bits per heavy atom. The van der Waals surface area contributed by atoms with Crippen molar-refractivity contribution in [2.24, 2.45) is 10.8 Å². The molecule has 1 aromatic heterocycles. The van der Waals surface area contributed by atoms with E-state index in [2.05, 4.69) is 4.98 Å². The minimum absolute atomic E-state index is 0.0581. The smallest absolute Gasteiger partial charge is 0.255 e. The number of rotatable bonds is 3. The van der Waals surface area contributed by atoms with Gasteiger partial charge in [0.1, 0.15) is 0 Å². The highest BCUT2D eigenvalue weighted by atomic mass is 32.2. The quantitative estimate of drug-likeness (QED) is 0.711. The predicted molar refractivity (Wildman–Crippen MR) is 112 cm³/mol. The normalized spacial score (nSPS) is 26.8. The third kappa shape index (κ3) is 3.22. The van der Waals surface area contributed by atoms with Crippen molar-refractivity contribution in [2.75, 3.05) is 45.5 Å². The first-order valence-corrected chi connectivity index (χ1v) is 12.4. The summed E-state index contributed by atoms with van der Waals surface area (Å²) >= 11 is 0. The zero-order valence-corrected chi connectivity index (χ0v) is 18.7. The molecule has 0 aliphatic carbocycles.